The first-order valence-electron chi connectivity index (χ1n) is 6.44. The standard InChI is InChI=1S/C17H14ClNO/c1-11-16(14-8-3-4-9-15(14)19(11)2)17(20)12-6-5-7-13(18)10-12/h3-10H,1-2H3. The van der Waals surface area contributed by atoms with Crippen LogP contribution in [0, 0.1) is 6.92 Å². The van der Waals surface area contributed by atoms with E-state index >= 15 is 0 Å². The van der Waals surface area contributed by atoms with Gasteiger partial charge in [0.05, 0.1) is 5.56 Å². The Hall–Kier alpha value is -2.06. The number of hydrogen-bond acceptors (Lipinski definition) is 1. The SMILES string of the molecule is Cc1c(C(=O)c2cccc(Cl)c2)c2ccccc2n1C. The number of benzene rings is 2. The fraction of sp³-hybridized carbons (Fsp3) is 0.118. The number of fused-ring (bicyclic) bond motifs is 1. The Morgan fingerprint density at radius 3 is 2.60 bits per heavy atom. The maximum Gasteiger partial charge on any atom is 0.195 e. The topological polar surface area (TPSA) is 22.0 Å². The minimum absolute atomic E-state index is 0.0156. The first-order chi connectivity index (χ1) is 9.59. The van der Waals surface area contributed by atoms with Crippen molar-refractivity contribution in [3.63, 3.8) is 0 Å². The smallest absolute Gasteiger partial charge is 0.195 e. The highest BCUT2D eigenvalue weighted by molar-refractivity contribution is 6.31. The van der Waals surface area contributed by atoms with Crippen LogP contribution in [-0.2, 0) is 7.05 Å². The van der Waals surface area contributed by atoms with Crippen LogP contribution in [-0.4, -0.2) is 10.4 Å². The zero-order chi connectivity index (χ0) is 14.3. The predicted octanol–water partition coefficient (Wildman–Crippen LogP) is 4.37. The summed E-state index contributed by atoms with van der Waals surface area (Å²) in [7, 11) is 1.98. The number of para-hydroxylation sites is 1. The van der Waals surface area contributed by atoms with Gasteiger partial charge in [0.2, 0.25) is 0 Å². The van der Waals surface area contributed by atoms with E-state index in [0.717, 1.165) is 22.2 Å². The first kappa shape index (κ1) is 12.9. The van der Waals surface area contributed by atoms with Crippen LogP contribution in [0.2, 0.25) is 5.02 Å². The van der Waals surface area contributed by atoms with Crippen molar-refractivity contribution in [2.45, 2.75) is 6.92 Å². The van der Waals surface area contributed by atoms with Gasteiger partial charge in [-0.15, -0.1) is 0 Å². The van der Waals surface area contributed by atoms with Crippen molar-refractivity contribution in [1.29, 1.82) is 0 Å². The van der Waals surface area contributed by atoms with E-state index in [1.54, 1.807) is 24.3 Å². The summed E-state index contributed by atoms with van der Waals surface area (Å²) >= 11 is 5.98. The van der Waals surface area contributed by atoms with E-state index in [9.17, 15) is 4.79 Å². The molecule has 0 aliphatic carbocycles. The molecule has 0 atom stereocenters. The summed E-state index contributed by atoms with van der Waals surface area (Å²) in [6.07, 6.45) is 0. The van der Waals surface area contributed by atoms with Crippen LogP contribution in [0.5, 0.6) is 0 Å². The van der Waals surface area contributed by atoms with Crippen LogP contribution in [0.15, 0.2) is 48.5 Å². The van der Waals surface area contributed by atoms with E-state index in [4.69, 9.17) is 11.6 Å². The van der Waals surface area contributed by atoms with Crippen molar-refractivity contribution >= 4 is 28.3 Å². The minimum Gasteiger partial charge on any atom is -0.347 e. The Kier molecular flexibility index (Phi) is 3.11. The zero-order valence-corrected chi connectivity index (χ0v) is 12.1. The molecule has 0 saturated carbocycles. The molecule has 0 saturated heterocycles. The summed E-state index contributed by atoms with van der Waals surface area (Å²) in [5.74, 6) is 0.0156. The van der Waals surface area contributed by atoms with Crippen LogP contribution < -0.4 is 0 Å². The van der Waals surface area contributed by atoms with E-state index < -0.39 is 0 Å². The number of carbonyl (C=O) groups is 1. The van der Waals surface area contributed by atoms with Crippen LogP contribution in [0.25, 0.3) is 10.9 Å². The molecule has 1 heterocycles. The van der Waals surface area contributed by atoms with Gasteiger partial charge in [0, 0.05) is 34.2 Å². The Bertz CT molecular complexity index is 817. The predicted molar refractivity (Wildman–Crippen MR) is 82.5 cm³/mol. The van der Waals surface area contributed by atoms with E-state index in [1.807, 2.05) is 42.8 Å². The summed E-state index contributed by atoms with van der Waals surface area (Å²) in [5, 5.41) is 1.56. The average molecular weight is 284 g/mol. The molecular weight excluding hydrogens is 270 g/mol. The van der Waals surface area contributed by atoms with Crippen LogP contribution in [0.1, 0.15) is 21.6 Å². The van der Waals surface area contributed by atoms with Gasteiger partial charge in [-0.1, -0.05) is 41.9 Å². The van der Waals surface area contributed by atoms with Crippen molar-refractivity contribution < 1.29 is 4.79 Å². The van der Waals surface area contributed by atoms with Crippen molar-refractivity contribution in [2.75, 3.05) is 0 Å². The first-order valence-corrected chi connectivity index (χ1v) is 6.81. The second-order valence-corrected chi connectivity index (χ2v) is 5.31. The largest absolute Gasteiger partial charge is 0.347 e. The van der Waals surface area contributed by atoms with Gasteiger partial charge in [-0.05, 0) is 25.1 Å². The molecule has 3 heteroatoms. The second-order valence-electron chi connectivity index (χ2n) is 4.88. The Morgan fingerprint density at radius 2 is 1.85 bits per heavy atom. The summed E-state index contributed by atoms with van der Waals surface area (Å²) in [6.45, 7) is 1.97. The quantitative estimate of drug-likeness (QED) is 0.640. The molecule has 1 aromatic heterocycles. The molecule has 0 unspecified atom stereocenters. The molecule has 0 bridgehead atoms. The van der Waals surface area contributed by atoms with Gasteiger partial charge >= 0.3 is 0 Å². The van der Waals surface area contributed by atoms with Crippen molar-refractivity contribution in [1.82, 2.24) is 4.57 Å². The number of aryl methyl sites for hydroxylation is 1. The molecule has 3 rings (SSSR count). The molecule has 100 valence electrons. The Balaban J connectivity index is 2.25. The highest BCUT2D eigenvalue weighted by Crippen LogP contribution is 2.27. The van der Waals surface area contributed by atoms with Gasteiger partial charge in [0.1, 0.15) is 0 Å². The number of carbonyl (C=O) groups excluding carboxylic acids is 1. The lowest BCUT2D eigenvalue weighted by Gasteiger charge is -2.03. The molecule has 20 heavy (non-hydrogen) atoms. The fourth-order valence-electron chi connectivity index (χ4n) is 2.58. The maximum absolute atomic E-state index is 12.8. The molecular formula is C17H14ClNO. The van der Waals surface area contributed by atoms with E-state index in [-0.39, 0.29) is 5.78 Å². The number of rotatable bonds is 2. The van der Waals surface area contributed by atoms with Crippen molar-refractivity contribution in [3.8, 4) is 0 Å². The Morgan fingerprint density at radius 1 is 1.10 bits per heavy atom. The third-order valence-corrected chi connectivity index (χ3v) is 3.95. The number of halogens is 1. The highest BCUT2D eigenvalue weighted by atomic mass is 35.5. The molecule has 2 nitrogen and oxygen atoms in total. The lowest BCUT2D eigenvalue weighted by Crippen LogP contribution is -2.03. The van der Waals surface area contributed by atoms with Gasteiger partial charge in [0.15, 0.2) is 5.78 Å². The number of aromatic nitrogens is 1. The number of ketones is 1. The number of nitrogens with zero attached hydrogens (tertiary/aromatic N) is 1. The van der Waals surface area contributed by atoms with E-state index in [0.29, 0.717) is 10.6 Å². The van der Waals surface area contributed by atoms with Gasteiger partial charge in [-0.3, -0.25) is 4.79 Å². The monoisotopic (exact) mass is 283 g/mol. The average Bonchev–Trinajstić information content (AvgIpc) is 2.71. The van der Waals surface area contributed by atoms with Gasteiger partial charge < -0.3 is 4.57 Å². The molecule has 0 aliphatic heterocycles. The summed E-state index contributed by atoms with van der Waals surface area (Å²) < 4.78 is 2.05. The summed E-state index contributed by atoms with van der Waals surface area (Å²) in [4.78, 5) is 12.8. The van der Waals surface area contributed by atoms with Gasteiger partial charge in [-0.25, -0.2) is 0 Å². The van der Waals surface area contributed by atoms with Crippen molar-refractivity contribution in [3.05, 3.63) is 70.4 Å². The molecule has 3 aromatic rings. The normalized spacial score (nSPS) is 10.9. The third-order valence-electron chi connectivity index (χ3n) is 3.71. The minimum atomic E-state index is 0.0156. The third kappa shape index (κ3) is 1.93. The molecule has 0 radical (unpaired) electrons. The van der Waals surface area contributed by atoms with E-state index in [1.165, 1.54) is 0 Å². The van der Waals surface area contributed by atoms with E-state index in [2.05, 4.69) is 0 Å². The summed E-state index contributed by atoms with van der Waals surface area (Å²) in [5.41, 5.74) is 3.41. The maximum atomic E-state index is 12.8. The lowest BCUT2D eigenvalue weighted by molar-refractivity contribution is 0.103. The van der Waals surface area contributed by atoms with Crippen molar-refractivity contribution in [2.24, 2.45) is 7.05 Å². The van der Waals surface area contributed by atoms with Gasteiger partial charge in [-0.2, -0.15) is 0 Å². The van der Waals surface area contributed by atoms with Crippen LogP contribution in [0.4, 0.5) is 0 Å². The fourth-order valence-corrected chi connectivity index (χ4v) is 2.77. The van der Waals surface area contributed by atoms with Gasteiger partial charge in [0.25, 0.3) is 0 Å². The molecule has 0 fully saturated rings. The highest BCUT2D eigenvalue weighted by Gasteiger charge is 2.19. The summed E-state index contributed by atoms with van der Waals surface area (Å²) in [6, 6.07) is 15.0. The second kappa shape index (κ2) is 4.80. The number of hydrogen-bond donors (Lipinski definition) is 0. The molecule has 2 aromatic carbocycles. The molecule has 0 aliphatic rings. The molecule has 0 amide bonds. The molecule has 0 spiro atoms. The lowest BCUT2D eigenvalue weighted by atomic mass is 10.0. The zero-order valence-electron chi connectivity index (χ0n) is 11.4. The molecule has 0 N–H and O–H groups in total. The van der Waals surface area contributed by atoms with Crippen LogP contribution in [0.3, 0.4) is 0 Å². The Labute approximate surface area is 122 Å². The van der Waals surface area contributed by atoms with Crippen LogP contribution >= 0.6 is 11.6 Å².